The minimum atomic E-state index is -0.0772. The summed E-state index contributed by atoms with van der Waals surface area (Å²) in [5.74, 6) is 2.25. The van der Waals surface area contributed by atoms with Gasteiger partial charge < -0.3 is 4.90 Å². The zero-order chi connectivity index (χ0) is 72.0. The molecule has 4 heteroatoms. The first kappa shape index (κ1) is 59.8. The lowest BCUT2D eigenvalue weighted by Gasteiger charge is -2.28. The molecule has 0 saturated heterocycles. The number of terminal acetylenes is 1. The van der Waals surface area contributed by atoms with E-state index in [1.54, 1.807) is 13.1 Å². The highest BCUT2D eigenvalue weighted by molar-refractivity contribution is 9.10. The van der Waals surface area contributed by atoms with Gasteiger partial charge in [0.25, 0.3) is 0 Å². The van der Waals surface area contributed by atoms with Gasteiger partial charge in [-0.1, -0.05) is 298 Å². The standard InChI is InChI=1S/C44H34N2.C34H28.C11H8BrN.C3H4.4H2/c1-44(2)41-13-7-6-12-39(41)40-28-27-38(30-42(40)44)46(37-25-21-35(22-26-37)43-14-8-9-29-45-43)36-23-19-34(20-24-36)33-17-15-32(16-18-33)31-10-4-3-5-11-31;1-34(2)32-11-7-6-10-30(32)31-21-14-25(23-33(31)34)22-24-12-15-27(16-13-24)29-19-17-28(18-20-29)26-8-4-3-5-9-26;12-10-6-4-9(5-7-10)11-3-1-2-8-13-11;1-3-2;;;;/h3-30H,1-2H3;3-21,23H,22H2,1-2H3;1-8H;1H,2H3;4*1H/i;;;;3*1+1D;1+1. The second-order valence-corrected chi connectivity index (χ2v) is 26.3. The Bertz CT molecular complexity index is 5000. The van der Waals surface area contributed by atoms with Crippen molar-refractivity contribution in [3.63, 3.8) is 0 Å². The largest absolute Gasteiger partial charge is 0.310 e. The Kier molecular flexibility index (Phi) is 17.8. The number of pyridine rings is 2. The monoisotopic (exact) mass is 1310 g/mol. The van der Waals surface area contributed by atoms with Crippen molar-refractivity contribution in [2.75, 3.05) is 4.90 Å². The number of halogens is 1. The van der Waals surface area contributed by atoms with Gasteiger partial charge in [-0.2, -0.15) is 0 Å². The average molecular weight is 1320 g/mol. The number of anilines is 3. The van der Waals surface area contributed by atoms with E-state index in [-0.39, 0.29) is 12.3 Å². The van der Waals surface area contributed by atoms with Crippen LogP contribution in [0.25, 0.3) is 89.3 Å². The van der Waals surface area contributed by atoms with E-state index in [1.807, 2.05) is 60.8 Å². The highest BCUT2D eigenvalue weighted by atomic mass is 79.9. The summed E-state index contributed by atoms with van der Waals surface area (Å²) in [6.07, 6.45) is 9.20. The highest BCUT2D eigenvalue weighted by Crippen LogP contribution is 2.52. The van der Waals surface area contributed by atoms with Gasteiger partial charge >= 0.3 is 0 Å². The van der Waals surface area contributed by atoms with E-state index >= 15 is 0 Å². The molecule has 0 N–H and O–H groups in total. The lowest BCUT2D eigenvalue weighted by molar-refractivity contribution is 0.659. The summed E-state index contributed by atoms with van der Waals surface area (Å²) in [4.78, 5) is 11.2. The maximum Gasteiger partial charge on any atom is 0.0701 e. The fourth-order valence-electron chi connectivity index (χ4n) is 13.4. The first-order valence-electron chi connectivity index (χ1n) is 35.8. The van der Waals surface area contributed by atoms with E-state index in [2.05, 4.69) is 344 Å². The van der Waals surface area contributed by atoms with Crippen LogP contribution in [0.2, 0.25) is 0 Å². The maximum absolute atomic E-state index is 5.00. The van der Waals surface area contributed by atoms with Crippen molar-refractivity contribution in [1.82, 2.24) is 9.97 Å². The van der Waals surface area contributed by atoms with Crippen LogP contribution in [-0.4, -0.2) is 9.97 Å². The Hall–Kier alpha value is -11.2. The summed E-state index contributed by atoms with van der Waals surface area (Å²) in [6.45, 7) is 11.0. The third-order valence-corrected chi connectivity index (χ3v) is 19.0. The number of fused-ring (bicyclic) bond motifs is 6. The number of aromatic nitrogens is 2. The minimum Gasteiger partial charge on any atom is -0.310 e. The molecule has 472 valence electrons. The van der Waals surface area contributed by atoms with Crippen LogP contribution >= 0.6 is 15.9 Å². The molecular formula is C92H82BrN3. The zero-order valence-corrected chi connectivity index (χ0v) is 56.4. The van der Waals surface area contributed by atoms with Gasteiger partial charge in [-0.25, -0.2) is 0 Å². The van der Waals surface area contributed by atoms with Crippen LogP contribution in [0, 0.1) is 12.3 Å². The molecule has 0 radical (unpaired) electrons. The molecule has 2 heterocycles. The quantitative estimate of drug-likeness (QED) is 0.121. The lowest BCUT2D eigenvalue weighted by Crippen LogP contribution is -2.16. The Morgan fingerprint density at radius 2 is 0.646 bits per heavy atom. The molecule has 16 rings (SSSR count). The minimum absolute atomic E-state index is 0. The van der Waals surface area contributed by atoms with Crippen molar-refractivity contribution < 1.29 is 10.3 Å². The molecule has 0 fully saturated rings. The van der Waals surface area contributed by atoms with Gasteiger partial charge in [-0.15, -0.1) is 12.3 Å². The van der Waals surface area contributed by atoms with Crippen molar-refractivity contribution >= 4 is 33.0 Å². The molecule has 14 aromatic rings. The van der Waals surface area contributed by atoms with Crippen molar-refractivity contribution in [3.05, 3.63) is 378 Å². The van der Waals surface area contributed by atoms with Gasteiger partial charge in [0.2, 0.25) is 0 Å². The molecular weight excluding hydrogens is 1230 g/mol. The predicted molar refractivity (Wildman–Crippen MR) is 417 cm³/mol. The third-order valence-electron chi connectivity index (χ3n) is 18.5. The second kappa shape index (κ2) is 28.6. The molecule has 0 unspecified atom stereocenters. The van der Waals surface area contributed by atoms with Crippen LogP contribution in [0.3, 0.4) is 0 Å². The summed E-state index contributed by atoms with van der Waals surface area (Å²) >= 11 is 3.40. The molecule has 2 aliphatic rings. The number of hydrogen-bond donors (Lipinski definition) is 0. The summed E-state index contributed by atoms with van der Waals surface area (Å²) in [5.41, 5.74) is 31.2. The molecule has 12 aromatic carbocycles. The van der Waals surface area contributed by atoms with Gasteiger partial charge in [0.05, 0.1) is 11.4 Å². The Morgan fingerprint density at radius 1 is 0.333 bits per heavy atom. The smallest absolute Gasteiger partial charge is 0.0701 e. The molecule has 96 heavy (non-hydrogen) atoms. The molecule has 2 aliphatic carbocycles. The number of nitrogens with zero attached hydrogens (tertiary/aromatic N) is 3. The molecule has 0 spiro atoms. The summed E-state index contributed by atoms with van der Waals surface area (Å²) in [7, 11) is 0. The van der Waals surface area contributed by atoms with Crippen LogP contribution in [0.15, 0.2) is 344 Å². The number of benzene rings is 12. The second-order valence-electron chi connectivity index (χ2n) is 25.4. The summed E-state index contributed by atoms with van der Waals surface area (Å²) in [6, 6.07) is 117. The number of hydrogen-bond acceptors (Lipinski definition) is 3. The van der Waals surface area contributed by atoms with Crippen LogP contribution < -0.4 is 4.90 Å². The van der Waals surface area contributed by atoms with Crippen molar-refractivity contribution in [2.45, 2.75) is 51.9 Å². The van der Waals surface area contributed by atoms with Gasteiger partial charge in [0.15, 0.2) is 0 Å². The molecule has 3 nitrogen and oxygen atoms in total. The molecule has 0 amide bonds. The van der Waals surface area contributed by atoms with E-state index in [4.69, 9.17) is 8.91 Å². The normalized spacial score (nSPS) is 12.5. The molecule has 0 bridgehead atoms. The van der Waals surface area contributed by atoms with E-state index < -0.39 is 0 Å². The van der Waals surface area contributed by atoms with Crippen LogP contribution in [0.1, 0.15) is 78.3 Å². The fraction of sp³-hybridized carbons (Fsp3) is 0.0870. The molecule has 0 saturated carbocycles. The van der Waals surface area contributed by atoms with E-state index in [0.717, 1.165) is 50.5 Å². The Labute approximate surface area is 586 Å². The summed E-state index contributed by atoms with van der Waals surface area (Å²) in [5, 5.41) is 0. The SMILES string of the molecule is Brc1ccc(-c2ccccn2)cc1.C#CC.CC1(C)c2ccccc2-c2ccc(Cc3ccc(-c4ccc(-c5ccccc5)cc4)cc3)cc21.CC1(C)c2ccccc2-c2ccc(N(c3ccc(-c4ccc(-c5ccccc5)cc4)cc3)c3ccc(-c4ccccn4)cc3)cc21.[2HH].[2H][2H].[2H][2H].[2H][2H]. The van der Waals surface area contributed by atoms with Crippen molar-refractivity contribution in [3.8, 4) is 102 Å². The van der Waals surface area contributed by atoms with Crippen LogP contribution in [0.5, 0.6) is 0 Å². The zero-order valence-electron chi connectivity index (χ0n) is 60.8. The highest BCUT2D eigenvalue weighted by Gasteiger charge is 2.37. The van der Waals surface area contributed by atoms with E-state index in [0.29, 0.717) is 0 Å². The maximum atomic E-state index is 5.00. The van der Waals surface area contributed by atoms with Gasteiger partial charge in [-0.05, 0) is 186 Å². The average Bonchev–Trinajstić information content (AvgIpc) is 1.59. The lowest BCUT2D eigenvalue weighted by atomic mass is 9.81. The first-order valence-corrected chi connectivity index (χ1v) is 33.6. The van der Waals surface area contributed by atoms with Crippen LogP contribution in [0.4, 0.5) is 17.1 Å². The Balaban J connectivity index is 0.000000189. The Morgan fingerprint density at radius 3 is 1.07 bits per heavy atom. The van der Waals surface area contributed by atoms with Gasteiger partial charge in [0.1, 0.15) is 0 Å². The topological polar surface area (TPSA) is 29.0 Å². The third kappa shape index (κ3) is 13.7. The summed E-state index contributed by atoms with van der Waals surface area (Å²) < 4.78 is 31.1. The number of rotatable bonds is 11. The molecule has 0 aliphatic heterocycles. The van der Waals surface area contributed by atoms with Gasteiger partial charge in [0, 0.05) is 66.2 Å². The van der Waals surface area contributed by atoms with Gasteiger partial charge in [-0.3, -0.25) is 9.97 Å². The molecule has 0 atom stereocenters. The van der Waals surface area contributed by atoms with E-state index in [9.17, 15) is 0 Å². The predicted octanol–water partition coefficient (Wildman–Crippen LogP) is 25.9. The first-order chi connectivity index (χ1) is 49.9. The van der Waals surface area contributed by atoms with Crippen LogP contribution in [-0.2, 0) is 17.3 Å². The van der Waals surface area contributed by atoms with E-state index in [1.165, 1.54) is 100 Å². The van der Waals surface area contributed by atoms with Crippen molar-refractivity contribution in [2.24, 2.45) is 0 Å². The fourth-order valence-corrected chi connectivity index (χ4v) is 13.7. The molecule has 2 aromatic heterocycles. The van der Waals surface area contributed by atoms with Crippen molar-refractivity contribution in [1.29, 1.82) is 0 Å².